The molecule has 0 unspecified atom stereocenters. The molecule has 21 heavy (non-hydrogen) atoms. The molecule has 1 aliphatic rings. The monoisotopic (exact) mass is 304 g/mol. The summed E-state index contributed by atoms with van der Waals surface area (Å²) >= 11 is 5.22. The smallest absolute Gasteiger partial charge is 0.276 e. The van der Waals surface area contributed by atoms with E-state index in [1.807, 2.05) is 44.2 Å². The van der Waals surface area contributed by atoms with Crippen LogP contribution >= 0.6 is 12.2 Å². The fourth-order valence-corrected chi connectivity index (χ4v) is 2.36. The number of thiocarbonyl (C=S) groups is 1. The quantitative estimate of drug-likeness (QED) is 0.498. The van der Waals surface area contributed by atoms with E-state index in [9.17, 15) is 4.79 Å². The second kappa shape index (κ2) is 7.33. The van der Waals surface area contributed by atoms with Crippen molar-refractivity contribution in [3.05, 3.63) is 41.1 Å². The van der Waals surface area contributed by atoms with Crippen LogP contribution in [0.15, 0.2) is 30.0 Å². The van der Waals surface area contributed by atoms with Gasteiger partial charge in [0.1, 0.15) is 5.70 Å². The molecule has 1 aromatic rings. The number of nitrogens with one attached hydrogen (secondary N) is 1. The largest absolute Gasteiger partial charge is 0.382 e. The van der Waals surface area contributed by atoms with Crippen LogP contribution in [0.25, 0.3) is 6.08 Å². The van der Waals surface area contributed by atoms with Gasteiger partial charge < -0.3 is 10.1 Å². The van der Waals surface area contributed by atoms with Crippen molar-refractivity contribution in [2.45, 2.75) is 20.3 Å². The molecule has 1 fully saturated rings. The van der Waals surface area contributed by atoms with E-state index in [0.717, 1.165) is 12.0 Å². The van der Waals surface area contributed by atoms with Crippen molar-refractivity contribution in [1.29, 1.82) is 0 Å². The Morgan fingerprint density at radius 2 is 2.05 bits per heavy atom. The molecule has 0 radical (unpaired) electrons. The molecular weight excluding hydrogens is 284 g/mol. The molecule has 0 bridgehead atoms. The van der Waals surface area contributed by atoms with Gasteiger partial charge in [0, 0.05) is 19.8 Å². The maximum Gasteiger partial charge on any atom is 0.276 e. The van der Waals surface area contributed by atoms with Crippen LogP contribution in [0.4, 0.5) is 0 Å². The minimum Gasteiger partial charge on any atom is -0.382 e. The first-order chi connectivity index (χ1) is 10.1. The molecule has 1 aliphatic heterocycles. The Morgan fingerprint density at radius 1 is 1.33 bits per heavy atom. The van der Waals surface area contributed by atoms with Crippen LogP contribution in [0.1, 0.15) is 24.5 Å². The summed E-state index contributed by atoms with van der Waals surface area (Å²) < 4.78 is 5.28. The van der Waals surface area contributed by atoms with Crippen LogP contribution in [0.5, 0.6) is 0 Å². The molecule has 2 rings (SSSR count). The highest BCUT2D eigenvalue weighted by atomic mass is 32.1. The van der Waals surface area contributed by atoms with Gasteiger partial charge in [0.25, 0.3) is 5.91 Å². The second-order valence-corrected chi connectivity index (χ2v) is 5.29. The van der Waals surface area contributed by atoms with Crippen LogP contribution in [-0.4, -0.2) is 35.7 Å². The highest BCUT2D eigenvalue weighted by Gasteiger charge is 2.29. The van der Waals surface area contributed by atoms with Gasteiger partial charge in [-0.05, 0) is 44.1 Å². The number of amides is 1. The first-order valence-electron chi connectivity index (χ1n) is 7.10. The highest BCUT2D eigenvalue weighted by Crippen LogP contribution is 2.15. The van der Waals surface area contributed by atoms with Gasteiger partial charge in [-0.25, -0.2) is 0 Å². The molecular formula is C16H20N2O2S. The maximum absolute atomic E-state index is 12.3. The number of aryl methyl sites for hydroxylation is 1. The van der Waals surface area contributed by atoms with Crippen LogP contribution < -0.4 is 5.32 Å². The van der Waals surface area contributed by atoms with Crippen molar-refractivity contribution in [3.8, 4) is 0 Å². The van der Waals surface area contributed by atoms with Crippen molar-refractivity contribution in [2.75, 3.05) is 19.8 Å². The summed E-state index contributed by atoms with van der Waals surface area (Å²) in [5, 5.41) is 3.45. The molecule has 1 N–H and O–H groups in total. The summed E-state index contributed by atoms with van der Waals surface area (Å²) in [7, 11) is 0. The Balaban J connectivity index is 2.01. The molecule has 4 nitrogen and oxygen atoms in total. The predicted octanol–water partition coefficient (Wildman–Crippen LogP) is 2.48. The molecule has 0 aromatic heterocycles. The summed E-state index contributed by atoms with van der Waals surface area (Å²) in [6, 6.07) is 8.00. The van der Waals surface area contributed by atoms with Gasteiger partial charge in [-0.3, -0.25) is 9.69 Å². The fraction of sp³-hybridized carbons (Fsp3) is 0.375. The van der Waals surface area contributed by atoms with Gasteiger partial charge in [-0.1, -0.05) is 29.8 Å². The maximum atomic E-state index is 12.3. The van der Waals surface area contributed by atoms with Crippen molar-refractivity contribution in [3.63, 3.8) is 0 Å². The molecule has 0 aliphatic carbocycles. The number of carbonyl (C=O) groups excluding carboxylic acids is 1. The SMILES string of the molecule is CCOCCCN1C(=O)/C(=C\c2ccc(C)cc2)NC1=S. The number of ether oxygens (including phenoxy) is 1. The first-order valence-corrected chi connectivity index (χ1v) is 7.51. The molecule has 0 atom stereocenters. The van der Waals surface area contributed by atoms with E-state index in [-0.39, 0.29) is 5.91 Å². The number of nitrogens with zero attached hydrogens (tertiary/aromatic N) is 1. The van der Waals surface area contributed by atoms with Gasteiger partial charge in [-0.15, -0.1) is 0 Å². The Kier molecular flexibility index (Phi) is 5.47. The lowest BCUT2D eigenvalue weighted by molar-refractivity contribution is -0.122. The standard InChI is InChI=1S/C16H20N2O2S/c1-3-20-10-4-9-18-15(19)14(17-16(18)21)11-13-7-5-12(2)6-8-13/h5-8,11H,3-4,9-10H2,1-2H3,(H,17,21)/b14-11+. The Morgan fingerprint density at radius 3 is 2.71 bits per heavy atom. The summed E-state index contributed by atoms with van der Waals surface area (Å²) in [4.78, 5) is 13.9. The van der Waals surface area contributed by atoms with Crippen LogP contribution in [0.2, 0.25) is 0 Å². The van der Waals surface area contributed by atoms with Crippen molar-refractivity contribution in [1.82, 2.24) is 10.2 Å². The van der Waals surface area contributed by atoms with E-state index in [1.54, 1.807) is 4.90 Å². The van der Waals surface area contributed by atoms with Crippen LogP contribution in [-0.2, 0) is 9.53 Å². The predicted molar refractivity (Wildman–Crippen MR) is 87.7 cm³/mol. The number of rotatable bonds is 6. The summed E-state index contributed by atoms with van der Waals surface area (Å²) in [6.07, 6.45) is 2.61. The lowest BCUT2D eigenvalue weighted by atomic mass is 10.1. The Hall–Kier alpha value is -1.72. The lowest BCUT2D eigenvalue weighted by Crippen LogP contribution is -2.32. The normalized spacial score (nSPS) is 16.7. The molecule has 112 valence electrons. The van der Waals surface area contributed by atoms with Gasteiger partial charge >= 0.3 is 0 Å². The number of benzene rings is 1. The van der Waals surface area contributed by atoms with Crippen molar-refractivity contribution < 1.29 is 9.53 Å². The molecule has 0 spiro atoms. The molecule has 1 amide bonds. The second-order valence-electron chi connectivity index (χ2n) is 4.91. The molecule has 5 heteroatoms. The van der Waals surface area contributed by atoms with E-state index in [4.69, 9.17) is 17.0 Å². The summed E-state index contributed by atoms with van der Waals surface area (Å²) in [5.41, 5.74) is 2.70. The number of hydrogen-bond donors (Lipinski definition) is 1. The van der Waals surface area contributed by atoms with Crippen LogP contribution in [0.3, 0.4) is 0 Å². The third-order valence-corrected chi connectivity index (χ3v) is 3.55. The Labute approximate surface area is 130 Å². The van der Waals surface area contributed by atoms with Crippen LogP contribution in [0, 0.1) is 6.92 Å². The average Bonchev–Trinajstić information content (AvgIpc) is 2.73. The molecule has 1 aromatic carbocycles. The zero-order valence-electron chi connectivity index (χ0n) is 12.4. The molecule has 1 saturated heterocycles. The molecule has 1 heterocycles. The molecule has 0 saturated carbocycles. The van der Waals surface area contributed by atoms with E-state index in [1.165, 1.54) is 5.56 Å². The van der Waals surface area contributed by atoms with E-state index < -0.39 is 0 Å². The lowest BCUT2D eigenvalue weighted by Gasteiger charge is -2.13. The zero-order valence-corrected chi connectivity index (χ0v) is 13.2. The average molecular weight is 304 g/mol. The minimum absolute atomic E-state index is 0.0722. The third-order valence-electron chi connectivity index (χ3n) is 3.23. The van der Waals surface area contributed by atoms with E-state index in [0.29, 0.717) is 30.6 Å². The fourth-order valence-electron chi connectivity index (χ4n) is 2.07. The van der Waals surface area contributed by atoms with Gasteiger partial charge in [0.15, 0.2) is 5.11 Å². The van der Waals surface area contributed by atoms with Gasteiger partial charge in [-0.2, -0.15) is 0 Å². The summed E-state index contributed by atoms with van der Waals surface area (Å²) in [5.74, 6) is -0.0722. The number of carbonyl (C=O) groups is 1. The number of hydrogen-bond acceptors (Lipinski definition) is 3. The van der Waals surface area contributed by atoms with E-state index >= 15 is 0 Å². The van der Waals surface area contributed by atoms with Crippen molar-refractivity contribution in [2.24, 2.45) is 0 Å². The third kappa shape index (κ3) is 4.12. The van der Waals surface area contributed by atoms with Gasteiger partial charge in [0.2, 0.25) is 0 Å². The van der Waals surface area contributed by atoms with Crippen molar-refractivity contribution >= 4 is 29.3 Å². The Bertz CT molecular complexity index is 552. The minimum atomic E-state index is -0.0722. The van der Waals surface area contributed by atoms with Gasteiger partial charge in [0.05, 0.1) is 0 Å². The topological polar surface area (TPSA) is 41.6 Å². The highest BCUT2D eigenvalue weighted by molar-refractivity contribution is 7.80. The zero-order chi connectivity index (χ0) is 15.2. The summed E-state index contributed by atoms with van der Waals surface area (Å²) in [6.45, 7) is 5.89. The van der Waals surface area contributed by atoms with E-state index in [2.05, 4.69) is 5.32 Å². The first kappa shape index (κ1) is 15.7.